The summed E-state index contributed by atoms with van der Waals surface area (Å²) < 4.78 is 6.67. The molecule has 2 aliphatic rings. The second-order valence-corrected chi connectivity index (χ2v) is 22.7. The number of aryl methyl sites for hydroxylation is 6. The fraction of sp³-hybridized carbons (Fsp3) is 0.290. The maximum Gasteiger partial charge on any atom is 0.333 e. The lowest BCUT2D eigenvalue weighted by molar-refractivity contribution is 0.569. The molecule has 332 valence electrons. The number of anilines is 5. The predicted molar refractivity (Wildman–Crippen MR) is 285 cm³/mol. The van der Waals surface area contributed by atoms with Crippen molar-refractivity contribution in [1.29, 1.82) is 0 Å². The highest BCUT2D eigenvalue weighted by molar-refractivity contribution is 6.94. The number of fused-ring (bicyclic) bond motifs is 6. The van der Waals surface area contributed by atoms with E-state index in [0.717, 1.165) is 16.7 Å². The zero-order chi connectivity index (χ0) is 46.9. The topological polar surface area (TPSA) is 19.6 Å². The van der Waals surface area contributed by atoms with E-state index in [0.29, 0.717) is 0 Å². The maximum atomic E-state index is 6.67. The standard InChI is InChI=1S/C62H65BN2O/c1-36-26-38(3)55(39(4)27-36)42-16-20-48(21-17-42)65-52-23-18-43(56-40(5)28-37(2)29-41(56)6)30-50(52)57-58-54(31-44-24-25-66-59(44)57)64(53-35-45(60(7,8)9)19-22-51(53)63(58)65)49-33-46(61(10,11)12)32-47(34-49)62(13,14)15/h16-35H,1-15H3. The highest BCUT2D eigenvalue weighted by atomic mass is 16.3. The summed E-state index contributed by atoms with van der Waals surface area (Å²) in [5, 5.41) is 1.10. The molecule has 1 aromatic heterocycles. The van der Waals surface area contributed by atoms with Crippen LogP contribution in [0.2, 0.25) is 0 Å². The molecule has 0 atom stereocenters. The molecule has 7 aromatic carbocycles. The summed E-state index contributed by atoms with van der Waals surface area (Å²) in [5.41, 5.74) is 28.4. The van der Waals surface area contributed by atoms with Crippen LogP contribution in [0.3, 0.4) is 0 Å². The van der Waals surface area contributed by atoms with Gasteiger partial charge in [-0.1, -0.05) is 134 Å². The minimum atomic E-state index is -0.146. The third kappa shape index (κ3) is 7.11. The molecule has 0 fully saturated rings. The van der Waals surface area contributed by atoms with Crippen LogP contribution in [0.15, 0.2) is 126 Å². The summed E-state index contributed by atoms with van der Waals surface area (Å²) in [7, 11) is 0. The fourth-order valence-corrected chi connectivity index (χ4v) is 11.3. The lowest BCUT2D eigenvalue weighted by atomic mass is 9.43. The van der Waals surface area contributed by atoms with E-state index in [1.165, 1.54) is 117 Å². The molecular weight excluding hydrogens is 800 g/mol. The van der Waals surface area contributed by atoms with Crippen LogP contribution < -0.4 is 20.6 Å². The van der Waals surface area contributed by atoms with Crippen LogP contribution in [0.5, 0.6) is 0 Å². The minimum absolute atomic E-state index is 0.0570. The van der Waals surface area contributed by atoms with Gasteiger partial charge in [0.2, 0.25) is 0 Å². The van der Waals surface area contributed by atoms with E-state index in [4.69, 9.17) is 4.42 Å². The van der Waals surface area contributed by atoms with Crippen molar-refractivity contribution >= 4 is 57.2 Å². The number of hydrogen-bond donors (Lipinski definition) is 0. The van der Waals surface area contributed by atoms with E-state index < -0.39 is 0 Å². The molecule has 0 saturated carbocycles. The van der Waals surface area contributed by atoms with E-state index in [1.807, 2.05) is 6.26 Å². The molecule has 0 aliphatic carbocycles. The molecule has 10 rings (SSSR count). The van der Waals surface area contributed by atoms with Crippen LogP contribution in [0, 0.1) is 41.5 Å². The second kappa shape index (κ2) is 15.1. The van der Waals surface area contributed by atoms with Crippen LogP contribution in [0.1, 0.15) is 112 Å². The SMILES string of the molecule is Cc1cc(C)c(-c2ccc(N3B4c5ccc(C(C)(C)C)cc5N(c5cc(C(C)(C)C)cc(C(C)(C)C)c5)c5cc6ccoc6c(c54)-c4cc(-c5c(C)cc(C)cc5C)ccc43)cc2)c(C)c1. The summed E-state index contributed by atoms with van der Waals surface area (Å²) in [6.07, 6.45) is 1.88. The van der Waals surface area contributed by atoms with E-state index in [9.17, 15) is 0 Å². The number of hydrogen-bond acceptors (Lipinski definition) is 3. The van der Waals surface area contributed by atoms with Gasteiger partial charge in [-0.05, 0) is 185 Å². The Morgan fingerprint density at radius 1 is 0.439 bits per heavy atom. The minimum Gasteiger partial charge on any atom is -0.464 e. The van der Waals surface area contributed by atoms with Crippen molar-refractivity contribution in [3.05, 3.63) is 172 Å². The van der Waals surface area contributed by atoms with Crippen molar-refractivity contribution in [2.45, 2.75) is 120 Å². The third-order valence-corrected chi connectivity index (χ3v) is 14.5. The van der Waals surface area contributed by atoms with Gasteiger partial charge in [-0.3, -0.25) is 0 Å². The molecule has 3 heterocycles. The van der Waals surface area contributed by atoms with Crippen LogP contribution in [-0.2, 0) is 16.2 Å². The number of rotatable bonds is 4. The lowest BCUT2D eigenvalue weighted by Gasteiger charge is -2.46. The monoisotopic (exact) mass is 865 g/mol. The third-order valence-electron chi connectivity index (χ3n) is 14.5. The van der Waals surface area contributed by atoms with Crippen molar-refractivity contribution in [2.24, 2.45) is 0 Å². The molecule has 0 saturated heterocycles. The molecule has 0 amide bonds. The molecule has 0 bridgehead atoms. The lowest BCUT2D eigenvalue weighted by Crippen LogP contribution is -2.61. The van der Waals surface area contributed by atoms with E-state index in [-0.39, 0.29) is 23.1 Å². The van der Waals surface area contributed by atoms with Gasteiger partial charge in [0, 0.05) is 45.0 Å². The molecule has 66 heavy (non-hydrogen) atoms. The van der Waals surface area contributed by atoms with E-state index in [1.54, 1.807) is 0 Å². The summed E-state index contributed by atoms with van der Waals surface area (Å²) in [4.78, 5) is 5.23. The average molecular weight is 865 g/mol. The highest BCUT2D eigenvalue weighted by Gasteiger charge is 2.47. The first kappa shape index (κ1) is 43.6. The summed E-state index contributed by atoms with van der Waals surface area (Å²) in [6.45, 7) is 34.3. The number of benzene rings is 7. The van der Waals surface area contributed by atoms with Gasteiger partial charge < -0.3 is 14.1 Å². The summed E-state index contributed by atoms with van der Waals surface area (Å²) in [6, 6.07) is 45.0. The van der Waals surface area contributed by atoms with E-state index >= 15 is 0 Å². The van der Waals surface area contributed by atoms with Gasteiger partial charge in [0.05, 0.1) is 6.26 Å². The molecule has 0 spiro atoms. The molecule has 0 N–H and O–H groups in total. The Kier molecular flexibility index (Phi) is 10.0. The first-order chi connectivity index (χ1) is 31.1. The van der Waals surface area contributed by atoms with Crippen LogP contribution >= 0.6 is 0 Å². The van der Waals surface area contributed by atoms with Crippen molar-refractivity contribution in [3.8, 4) is 33.4 Å². The van der Waals surface area contributed by atoms with Crippen molar-refractivity contribution in [3.63, 3.8) is 0 Å². The molecular formula is C62H65BN2O. The second-order valence-electron chi connectivity index (χ2n) is 22.7. The van der Waals surface area contributed by atoms with Gasteiger partial charge >= 0.3 is 6.85 Å². The summed E-state index contributed by atoms with van der Waals surface area (Å²) in [5.74, 6) is 0. The van der Waals surface area contributed by atoms with Gasteiger partial charge in [-0.15, -0.1) is 0 Å². The number of nitrogens with zero attached hydrogens (tertiary/aromatic N) is 2. The Morgan fingerprint density at radius 3 is 1.55 bits per heavy atom. The number of furan rings is 1. The quantitative estimate of drug-likeness (QED) is 0.164. The highest BCUT2D eigenvalue weighted by Crippen LogP contribution is 2.51. The zero-order valence-corrected chi connectivity index (χ0v) is 41.9. The van der Waals surface area contributed by atoms with Gasteiger partial charge in [0.15, 0.2) is 0 Å². The van der Waals surface area contributed by atoms with Crippen LogP contribution in [0.25, 0.3) is 44.3 Å². The predicted octanol–water partition coefficient (Wildman–Crippen LogP) is 16.2. The zero-order valence-electron chi connectivity index (χ0n) is 41.9. The Morgan fingerprint density at radius 2 is 0.985 bits per heavy atom. The molecule has 8 aromatic rings. The van der Waals surface area contributed by atoms with Gasteiger partial charge in [0.1, 0.15) is 5.58 Å². The fourth-order valence-electron chi connectivity index (χ4n) is 11.3. The van der Waals surface area contributed by atoms with Gasteiger partial charge in [-0.2, -0.15) is 0 Å². The summed E-state index contributed by atoms with van der Waals surface area (Å²) >= 11 is 0. The smallest absolute Gasteiger partial charge is 0.333 e. The van der Waals surface area contributed by atoms with E-state index in [2.05, 4.69) is 229 Å². The first-order valence-electron chi connectivity index (χ1n) is 23.9. The van der Waals surface area contributed by atoms with Gasteiger partial charge in [-0.25, -0.2) is 0 Å². The Bertz CT molecular complexity index is 3190. The average Bonchev–Trinajstić information content (AvgIpc) is 3.70. The molecule has 3 nitrogen and oxygen atoms in total. The maximum absolute atomic E-state index is 6.67. The van der Waals surface area contributed by atoms with Crippen molar-refractivity contribution < 1.29 is 4.42 Å². The van der Waals surface area contributed by atoms with Crippen molar-refractivity contribution in [2.75, 3.05) is 9.71 Å². The van der Waals surface area contributed by atoms with Crippen molar-refractivity contribution in [1.82, 2.24) is 0 Å². The molecule has 0 radical (unpaired) electrons. The van der Waals surface area contributed by atoms with Crippen LogP contribution in [-0.4, -0.2) is 6.85 Å². The van der Waals surface area contributed by atoms with Gasteiger partial charge in [0.25, 0.3) is 0 Å². The molecule has 4 heteroatoms. The largest absolute Gasteiger partial charge is 0.464 e. The Labute approximate surface area is 394 Å². The molecule has 0 unspecified atom stereocenters. The molecule has 2 aliphatic heterocycles. The van der Waals surface area contributed by atoms with Crippen LogP contribution in [0.4, 0.5) is 28.4 Å². The first-order valence-corrected chi connectivity index (χ1v) is 23.9. The Balaban J connectivity index is 1.32. The Hall–Kier alpha value is -6.26. The normalized spacial score (nSPS) is 13.6.